The summed E-state index contributed by atoms with van der Waals surface area (Å²) >= 11 is 0. The molecule has 0 saturated carbocycles. The van der Waals surface area contributed by atoms with Crippen LogP contribution in [0.5, 0.6) is 11.5 Å². The Morgan fingerprint density at radius 3 is 1.59 bits per heavy atom. The maximum atomic E-state index is 13.3. The van der Waals surface area contributed by atoms with Crippen LogP contribution < -0.4 is 9.47 Å². The molecule has 0 spiro atoms. The Bertz CT molecular complexity index is 920. The van der Waals surface area contributed by atoms with Crippen LogP contribution in [0.2, 0.25) is 0 Å². The molecule has 1 aliphatic carbocycles. The zero-order valence-corrected chi connectivity index (χ0v) is 21.6. The summed E-state index contributed by atoms with van der Waals surface area (Å²) in [6, 6.07) is 11.7. The van der Waals surface area contributed by atoms with Crippen LogP contribution in [0.3, 0.4) is 0 Å². The maximum Gasteiger partial charge on any atom is 0.198 e. The fourth-order valence-electron chi connectivity index (χ4n) is 4.67. The minimum atomic E-state index is 0.0377. The monoisotopic (exact) mass is 466 g/mol. The molecule has 0 amide bonds. The number of rotatable bonds is 16. The van der Waals surface area contributed by atoms with Gasteiger partial charge >= 0.3 is 0 Å². The van der Waals surface area contributed by atoms with Gasteiger partial charge in [-0.25, -0.2) is 0 Å². The number of benzene rings is 2. The van der Waals surface area contributed by atoms with E-state index < -0.39 is 0 Å². The molecular weight excluding hydrogens is 424 g/mol. The Morgan fingerprint density at radius 2 is 1.09 bits per heavy atom. The maximum absolute atomic E-state index is 13.3. The first-order valence-electron chi connectivity index (χ1n) is 13.2. The number of carbonyl (C=O) groups excluding carboxylic acids is 1. The summed E-state index contributed by atoms with van der Waals surface area (Å²) in [7, 11) is 0. The SMILES string of the molecule is CCN(CC)CCCCOc1cccc2c1C(=O)c1cccc(OCCCCN(CC)CC)c1-2. The molecule has 2 aromatic carbocycles. The molecule has 0 unspecified atom stereocenters. The van der Waals surface area contributed by atoms with Crippen molar-refractivity contribution in [2.24, 2.45) is 0 Å². The average molecular weight is 467 g/mol. The molecular formula is C29H42N2O3. The van der Waals surface area contributed by atoms with Gasteiger partial charge < -0.3 is 19.3 Å². The topological polar surface area (TPSA) is 42.0 Å². The van der Waals surface area contributed by atoms with E-state index in [0.717, 1.165) is 81.8 Å². The van der Waals surface area contributed by atoms with Crippen molar-refractivity contribution in [3.8, 4) is 22.6 Å². The lowest BCUT2D eigenvalue weighted by Gasteiger charge is -2.18. The normalized spacial score (nSPS) is 12.4. The van der Waals surface area contributed by atoms with Crippen molar-refractivity contribution in [3.63, 3.8) is 0 Å². The summed E-state index contributed by atoms with van der Waals surface area (Å²) in [4.78, 5) is 18.1. The van der Waals surface area contributed by atoms with Gasteiger partial charge in [0.2, 0.25) is 0 Å². The van der Waals surface area contributed by atoms with Gasteiger partial charge in [0.25, 0.3) is 0 Å². The summed E-state index contributed by atoms with van der Waals surface area (Å²) in [6.07, 6.45) is 4.18. The third kappa shape index (κ3) is 6.39. The van der Waals surface area contributed by atoms with E-state index in [1.54, 1.807) is 0 Å². The Balaban J connectivity index is 1.62. The van der Waals surface area contributed by atoms with Gasteiger partial charge in [0, 0.05) is 16.7 Å². The Kier molecular flexibility index (Phi) is 10.4. The van der Waals surface area contributed by atoms with Gasteiger partial charge in [0.15, 0.2) is 5.78 Å². The summed E-state index contributed by atoms with van der Waals surface area (Å²) in [6.45, 7) is 16.6. The minimum absolute atomic E-state index is 0.0377. The van der Waals surface area contributed by atoms with E-state index in [1.165, 1.54) is 0 Å². The number of nitrogens with zero attached hydrogens (tertiary/aromatic N) is 2. The molecule has 0 atom stereocenters. The predicted octanol–water partition coefficient (Wildman–Crippen LogP) is 5.90. The van der Waals surface area contributed by atoms with Gasteiger partial charge in [0.05, 0.1) is 18.8 Å². The van der Waals surface area contributed by atoms with E-state index in [9.17, 15) is 4.79 Å². The van der Waals surface area contributed by atoms with E-state index >= 15 is 0 Å². The number of hydrogen-bond donors (Lipinski definition) is 0. The molecule has 1 aliphatic rings. The second kappa shape index (κ2) is 13.5. The molecule has 0 bridgehead atoms. The summed E-state index contributed by atoms with van der Waals surface area (Å²) in [5.74, 6) is 1.52. The summed E-state index contributed by atoms with van der Waals surface area (Å²) in [5.41, 5.74) is 3.24. The Morgan fingerprint density at radius 1 is 0.618 bits per heavy atom. The molecule has 3 rings (SSSR count). The molecule has 0 fully saturated rings. The lowest BCUT2D eigenvalue weighted by Crippen LogP contribution is -2.24. The van der Waals surface area contributed by atoms with Gasteiger partial charge in [-0.05, 0) is 77.1 Å². The molecule has 0 saturated heterocycles. The van der Waals surface area contributed by atoms with Crippen molar-refractivity contribution in [2.45, 2.75) is 53.4 Å². The molecule has 2 aromatic rings. The van der Waals surface area contributed by atoms with Crippen LogP contribution in [-0.4, -0.2) is 68.1 Å². The van der Waals surface area contributed by atoms with Gasteiger partial charge in [-0.15, -0.1) is 0 Å². The van der Waals surface area contributed by atoms with Crippen molar-refractivity contribution in [2.75, 3.05) is 52.5 Å². The van der Waals surface area contributed by atoms with Crippen LogP contribution in [-0.2, 0) is 0 Å². The first kappa shape index (κ1) is 26.2. The van der Waals surface area contributed by atoms with Gasteiger partial charge in [0.1, 0.15) is 11.5 Å². The summed E-state index contributed by atoms with van der Waals surface area (Å²) in [5, 5.41) is 0. The predicted molar refractivity (Wildman–Crippen MR) is 140 cm³/mol. The van der Waals surface area contributed by atoms with E-state index in [-0.39, 0.29) is 5.78 Å². The first-order valence-corrected chi connectivity index (χ1v) is 13.2. The van der Waals surface area contributed by atoms with Crippen LogP contribution in [0, 0.1) is 0 Å². The van der Waals surface area contributed by atoms with Crippen LogP contribution in [0.1, 0.15) is 69.3 Å². The quantitative estimate of drug-likeness (QED) is 0.246. The Labute approximate surface area is 206 Å². The number of fused-ring (bicyclic) bond motifs is 3. The molecule has 34 heavy (non-hydrogen) atoms. The lowest BCUT2D eigenvalue weighted by atomic mass is 10.0. The number of carbonyl (C=O) groups is 1. The molecule has 0 N–H and O–H groups in total. The smallest absolute Gasteiger partial charge is 0.198 e. The van der Waals surface area contributed by atoms with Crippen molar-refractivity contribution in [3.05, 3.63) is 47.5 Å². The molecule has 186 valence electrons. The molecule has 0 heterocycles. The largest absolute Gasteiger partial charge is 0.493 e. The third-order valence-electron chi connectivity index (χ3n) is 6.83. The van der Waals surface area contributed by atoms with E-state index in [4.69, 9.17) is 9.47 Å². The van der Waals surface area contributed by atoms with Crippen molar-refractivity contribution in [1.29, 1.82) is 0 Å². The fourth-order valence-corrected chi connectivity index (χ4v) is 4.67. The zero-order chi connectivity index (χ0) is 24.3. The highest BCUT2D eigenvalue weighted by molar-refractivity contribution is 6.24. The van der Waals surface area contributed by atoms with E-state index in [0.29, 0.717) is 30.1 Å². The third-order valence-corrected chi connectivity index (χ3v) is 6.83. The number of ketones is 1. The van der Waals surface area contributed by atoms with E-state index in [2.05, 4.69) is 37.5 Å². The first-order chi connectivity index (χ1) is 16.6. The van der Waals surface area contributed by atoms with Crippen molar-refractivity contribution >= 4 is 5.78 Å². The Hall–Kier alpha value is -2.37. The number of ether oxygens (including phenoxy) is 2. The minimum Gasteiger partial charge on any atom is -0.493 e. The van der Waals surface area contributed by atoms with Crippen LogP contribution in [0.15, 0.2) is 36.4 Å². The van der Waals surface area contributed by atoms with Gasteiger partial charge in [-0.3, -0.25) is 4.79 Å². The lowest BCUT2D eigenvalue weighted by molar-refractivity contribution is 0.103. The highest BCUT2D eigenvalue weighted by Gasteiger charge is 2.32. The van der Waals surface area contributed by atoms with Crippen LogP contribution >= 0.6 is 0 Å². The summed E-state index contributed by atoms with van der Waals surface area (Å²) < 4.78 is 12.3. The molecule has 5 heteroatoms. The zero-order valence-electron chi connectivity index (χ0n) is 21.6. The molecule has 5 nitrogen and oxygen atoms in total. The molecule has 0 radical (unpaired) electrons. The van der Waals surface area contributed by atoms with Crippen molar-refractivity contribution in [1.82, 2.24) is 9.80 Å². The average Bonchev–Trinajstić information content (AvgIpc) is 3.17. The second-order valence-corrected chi connectivity index (χ2v) is 8.85. The van der Waals surface area contributed by atoms with E-state index in [1.807, 2.05) is 36.4 Å². The highest BCUT2D eigenvalue weighted by atomic mass is 16.5. The fraction of sp³-hybridized carbons (Fsp3) is 0.552. The van der Waals surface area contributed by atoms with Gasteiger partial charge in [-0.2, -0.15) is 0 Å². The van der Waals surface area contributed by atoms with Crippen LogP contribution in [0.25, 0.3) is 11.1 Å². The molecule has 0 aliphatic heterocycles. The standard InChI is InChI=1S/C29H42N2O3/c1-5-30(6-2)19-9-11-21-33-25-17-14-16-24-27(25)23-15-13-18-26(28(23)29(24)32)34-22-12-10-20-31(7-3)8-4/h13-18H,5-12,19-22H2,1-4H3. The number of unbranched alkanes of at least 4 members (excludes halogenated alkanes) is 2. The van der Waals surface area contributed by atoms with Crippen LogP contribution in [0.4, 0.5) is 0 Å². The van der Waals surface area contributed by atoms with Gasteiger partial charge in [-0.1, -0.05) is 52.0 Å². The highest BCUT2D eigenvalue weighted by Crippen LogP contribution is 2.45. The van der Waals surface area contributed by atoms with Crippen molar-refractivity contribution < 1.29 is 14.3 Å². The second-order valence-electron chi connectivity index (χ2n) is 8.85. The number of hydrogen-bond acceptors (Lipinski definition) is 5. The molecule has 0 aromatic heterocycles.